The van der Waals surface area contributed by atoms with Gasteiger partial charge >= 0.3 is 0 Å². The van der Waals surface area contributed by atoms with E-state index < -0.39 is 0 Å². The maximum absolute atomic E-state index is 12.2. The van der Waals surface area contributed by atoms with Crippen LogP contribution in [0.2, 0.25) is 0 Å². The van der Waals surface area contributed by atoms with Gasteiger partial charge in [-0.3, -0.25) is 9.59 Å². The lowest BCUT2D eigenvalue weighted by Crippen LogP contribution is -2.31. The van der Waals surface area contributed by atoms with Gasteiger partial charge in [0.15, 0.2) is 0 Å². The molecule has 1 aromatic carbocycles. The van der Waals surface area contributed by atoms with Crippen LogP contribution in [0.3, 0.4) is 0 Å². The summed E-state index contributed by atoms with van der Waals surface area (Å²) in [6.07, 6.45) is 2.48. The van der Waals surface area contributed by atoms with E-state index in [2.05, 4.69) is 11.9 Å². The smallest absolute Gasteiger partial charge is 0.258 e. The van der Waals surface area contributed by atoms with Crippen LogP contribution in [0.1, 0.15) is 35.2 Å². The first-order valence-electron chi connectivity index (χ1n) is 6.56. The number of fused-ring (bicyclic) bond motifs is 1. The van der Waals surface area contributed by atoms with Crippen molar-refractivity contribution in [2.45, 2.75) is 25.3 Å². The minimum atomic E-state index is -0.0557. The third-order valence-corrected chi connectivity index (χ3v) is 3.54. The highest BCUT2D eigenvalue weighted by Crippen LogP contribution is 2.31. The summed E-state index contributed by atoms with van der Waals surface area (Å²) in [5.41, 5.74) is 2.24. The summed E-state index contributed by atoms with van der Waals surface area (Å²) in [5.74, 6) is -0.0427. The Balaban J connectivity index is 1.65. The van der Waals surface area contributed by atoms with E-state index in [-0.39, 0.29) is 11.8 Å². The zero-order valence-corrected chi connectivity index (χ0v) is 10.7. The van der Waals surface area contributed by atoms with E-state index in [0.717, 1.165) is 18.4 Å². The molecule has 1 aliphatic carbocycles. The number of carbonyl (C=O) groups excluding carboxylic acids is 2. The molecule has 1 aliphatic heterocycles. The molecule has 4 nitrogen and oxygen atoms in total. The summed E-state index contributed by atoms with van der Waals surface area (Å²) in [6.45, 7) is 4.35. The van der Waals surface area contributed by atoms with Crippen LogP contribution in [-0.2, 0) is 4.79 Å². The summed E-state index contributed by atoms with van der Waals surface area (Å²) in [6, 6.07) is 7.78. The quantitative estimate of drug-likeness (QED) is 0.892. The van der Waals surface area contributed by atoms with Crippen molar-refractivity contribution >= 4 is 17.5 Å². The van der Waals surface area contributed by atoms with E-state index in [1.807, 2.05) is 18.2 Å². The molecule has 0 bridgehead atoms. The summed E-state index contributed by atoms with van der Waals surface area (Å²) in [7, 11) is 0. The number of nitrogens with one attached hydrogen (secondary N) is 1. The van der Waals surface area contributed by atoms with Gasteiger partial charge < -0.3 is 10.2 Å². The number of nitrogens with zero attached hydrogens (tertiary/aromatic N) is 1. The highest BCUT2D eigenvalue weighted by atomic mass is 16.2. The van der Waals surface area contributed by atoms with Crippen molar-refractivity contribution in [3.63, 3.8) is 0 Å². The maximum atomic E-state index is 12.2. The minimum absolute atomic E-state index is 0.0130. The van der Waals surface area contributed by atoms with Gasteiger partial charge in [-0.2, -0.15) is 0 Å². The predicted molar refractivity (Wildman–Crippen MR) is 72.3 cm³/mol. The van der Waals surface area contributed by atoms with Crippen molar-refractivity contribution in [2.24, 2.45) is 0 Å². The first-order valence-corrected chi connectivity index (χ1v) is 6.56. The Morgan fingerprint density at radius 3 is 2.63 bits per heavy atom. The molecule has 0 saturated heterocycles. The molecule has 0 unspecified atom stereocenters. The second-order valence-corrected chi connectivity index (χ2v) is 5.04. The third-order valence-electron chi connectivity index (χ3n) is 3.54. The zero-order chi connectivity index (χ0) is 13.4. The van der Waals surface area contributed by atoms with Gasteiger partial charge in [-0.05, 0) is 18.9 Å². The molecule has 1 heterocycles. The highest BCUT2D eigenvalue weighted by Gasteiger charge is 2.31. The topological polar surface area (TPSA) is 49.4 Å². The Morgan fingerprint density at radius 1 is 1.32 bits per heavy atom. The Morgan fingerprint density at radius 2 is 2.00 bits per heavy atom. The van der Waals surface area contributed by atoms with Crippen LogP contribution in [0.4, 0.5) is 0 Å². The molecule has 4 heteroatoms. The Hall–Kier alpha value is -2.10. The number of hydrogen-bond acceptors (Lipinski definition) is 2. The lowest BCUT2D eigenvalue weighted by molar-refractivity contribution is -0.121. The molecular weight excluding hydrogens is 240 g/mol. The van der Waals surface area contributed by atoms with E-state index in [1.165, 1.54) is 0 Å². The SMILES string of the molecule is C=C1c2ccccc2C(=O)N1CCC(=O)NC1CC1. The Kier molecular flexibility index (Phi) is 2.85. The average molecular weight is 256 g/mol. The second-order valence-electron chi connectivity index (χ2n) is 5.04. The standard InChI is InChI=1S/C15H16N2O2/c1-10-12-4-2-3-5-13(12)15(19)17(10)9-8-14(18)16-11-6-7-11/h2-5,11H,1,6-9H2,(H,16,18). The number of carbonyl (C=O) groups is 2. The minimum Gasteiger partial charge on any atom is -0.353 e. The average Bonchev–Trinajstić information content (AvgIpc) is 3.18. The van der Waals surface area contributed by atoms with Gasteiger partial charge in [-0.1, -0.05) is 24.8 Å². The molecular formula is C15H16N2O2. The van der Waals surface area contributed by atoms with E-state index >= 15 is 0 Å². The van der Waals surface area contributed by atoms with Crippen LogP contribution in [0.15, 0.2) is 30.8 Å². The summed E-state index contributed by atoms with van der Waals surface area (Å²) < 4.78 is 0. The van der Waals surface area contributed by atoms with Gasteiger partial charge in [0, 0.05) is 35.8 Å². The molecule has 0 aromatic heterocycles. The molecule has 1 N–H and O–H groups in total. The van der Waals surface area contributed by atoms with Gasteiger partial charge in [0.1, 0.15) is 0 Å². The van der Waals surface area contributed by atoms with Crippen molar-refractivity contribution in [3.05, 3.63) is 42.0 Å². The van der Waals surface area contributed by atoms with Crippen LogP contribution in [-0.4, -0.2) is 29.3 Å². The van der Waals surface area contributed by atoms with E-state index in [1.54, 1.807) is 11.0 Å². The van der Waals surface area contributed by atoms with Gasteiger partial charge in [0.25, 0.3) is 5.91 Å². The van der Waals surface area contributed by atoms with Crippen LogP contribution >= 0.6 is 0 Å². The van der Waals surface area contributed by atoms with Crippen LogP contribution in [0.25, 0.3) is 5.70 Å². The largest absolute Gasteiger partial charge is 0.353 e. The van der Waals surface area contributed by atoms with Crippen molar-refractivity contribution in [1.29, 1.82) is 0 Å². The van der Waals surface area contributed by atoms with E-state index in [9.17, 15) is 9.59 Å². The fraction of sp³-hybridized carbons (Fsp3) is 0.333. The molecule has 0 spiro atoms. The maximum Gasteiger partial charge on any atom is 0.258 e. The highest BCUT2D eigenvalue weighted by molar-refractivity contribution is 6.08. The molecule has 0 atom stereocenters. The number of rotatable bonds is 4. The van der Waals surface area contributed by atoms with Crippen LogP contribution < -0.4 is 5.32 Å². The van der Waals surface area contributed by atoms with Gasteiger partial charge in [-0.25, -0.2) is 0 Å². The third kappa shape index (κ3) is 2.26. The van der Waals surface area contributed by atoms with Crippen molar-refractivity contribution < 1.29 is 9.59 Å². The normalized spacial score (nSPS) is 17.6. The van der Waals surface area contributed by atoms with Gasteiger partial charge in [-0.15, -0.1) is 0 Å². The lowest BCUT2D eigenvalue weighted by Gasteiger charge is -2.16. The Labute approximate surface area is 112 Å². The molecule has 1 saturated carbocycles. The molecule has 2 amide bonds. The first kappa shape index (κ1) is 12.0. The Bertz CT molecular complexity index is 526. The molecule has 1 fully saturated rings. The number of hydrogen-bond donors (Lipinski definition) is 1. The molecule has 3 rings (SSSR count). The van der Waals surface area contributed by atoms with Crippen LogP contribution in [0, 0.1) is 0 Å². The van der Waals surface area contributed by atoms with Gasteiger partial charge in [0.2, 0.25) is 5.91 Å². The van der Waals surface area contributed by atoms with E-state index in [0.29, 0.717) is 30.3 Å². The monoisotopic (exact) mass is 256 g/mol. The predicted octanol–water partition coefficient (Wildman–Crippen LogP) is 1.78. The molecule has 0 radical (unpaired) electrons. The summed E-state index contributed by atoms with van der Waals surface area (Å²) in [4.78, 5) is 25.4. The fourth-order valence-corrected chi connectivity index (χ4v) is 2.31. The van der Waals surface area contributed by atoms with Crippen LogP contribution in [0.5, 0.6) is 0 Å². The second kappa shape index (κ2) is 4.53. The van der Waals surface area contributed by atoms with E-state index in [4.69, 9.17) is 0 Å². The lowest BCUT2D eigenvalue weighted by atomic mass is 10.1. The van der Waals surface area contributed by atoms with Crippen molar-refractivity contribution in [3.8, 4) is 0 Å². The fourth-order valence-electron chi connectivity index (χ4n) is 2.31. The summed E-state index contributed by atoms with van der Waals surface area (Å²) >= 11 is 0. The molecule has 19 heavy (non-hydrogen) atoms. The summed E-state index contributed by atoms with van der Waals surface area (Å²) in [5, 5.41) is 2.92. The van der Waals surface area contributed by atoms with Crippen molar-refractivity contribution in [1.82, 2.24) is 10.2 Å². The molecule has 1 aromatic rings. The molecule has 2 aliphatic rings. The van der Waals surface area contributed by atoms with Gasteiger partial charge in [0.05, 0.1) is 0 Å². The number of benzene rings is 1. The zero-order valence-electron chi connectivity index (χ0n) is 10.7. The molecule has 98 valence electrons. The number of amides is 2. The first-order chi connectivity index (χ1) is 9.16. The van der Waals surface area contributed by atoms with Crippen molar-refractivity contribution in [2.75, 3.05) is 6.54 Å².